The van der Waals surface area contributed by atoms with Crippen molar-refractivity contribution in [3.63, 3.8) is 0 Å². The molecular weight excluding hydrogens is 242 g/mol. The summed E-state index contributed by atoms with van der Waals surface area (Å²) in [5.74, 6) is 0. The molecule has 0 spiro atoms. The molecule has 0 radical (unpaired) electrons. The van der Waals surface area contributed by atoms with Gasteiger partial charge in [0.2, 0.25) is 0 Å². The number of aromatic nitrogens is 2. The maximum Gasteiger partial charge on any atom is 0.115 e. The fourth-order valence-electron chi connectivity index (χ4n) is 1.97. The maximum absolute atomic E-state index is 4.36. The van der Waals surface area contributed by atoms with Gasteiger partial charge in [0.1, 0.15) is 5.01 Å². The van der Waals surface area contributed by atoms with Gasteiger partial charge in [0.15, 0.2) is 0 Å². The summed E-state index contributed by atoms with van der Waals surface area (Å²) < 4.78 is 0. The molecule has 2 aromatic heterocycles. The minimum absolute atomic E-state index is 0.204. The standard InChI is InChI=1S/C14H13N3S/c1-10(14-16-8-9-18-14)17-13-6-7-15-12-5-3-2-4-11(12)13/h2-10H,1H3,(H,15,17). The normalized spacial score (nSPS) is 12.5. The van der Waals surface area contributed by atoms with Crippen LogP contribution in [0.2, 0.25) is 0 Å². The Labute approximate surface area is 110 Å². The Morgan fingerprint density at radius 2 is 2.00 bits per heavy atom. The second-order valence-corrected chi connectivity index (χ2v) is 5.04. The van der Waals surface area contributed by atoms with Gasteiger partial charge in [-0.3, -0.25) is 4.98 Å². The molecule has 90 valence electrons. The molecular formula is C14H13N3S. The SMILES string of the molecule is CC(Nc1ccnc2ccccc12)c1nccs1. The highest BCUT2D eigenvalue weighted by Crippen LogP contribution is 2.26. The Morgan fingerprint density at radius 3 is 2.83 bits per heavy atom. The second-order valence-electron chi connectivity index (χ2n) is 4.11. The first-order valence-corrected chi connectivity index (χ1v) is 6.72. The van der Waals surface area contributed by atoms with E-state index in [0.29, 0.717) is 0 Å². The number of nitrogens with one attached hydrogen (secondary N) is 1. The quantitative estimate of drug-likeness (QED) is 0.772. The molecule has 0 aliphatic rings. The predicted octanol–water partition coefficient (Wildman–Crippen LogP) is 3.86. The average Bonchev–Trinajstić information content (AvgIpc) is 2.93. The van der Waals surface area contributed by atoms with Gasteiger partial charge in [-0.15, -0.1) is 11.3 Å². The maximum atomic E-state index is 4.36. The van der Waals surface area contributed by atoms with Crippen LogP contribution in [-0.2, 0) is 0 Å². The van der Waals surface area contributed by atoms with Crippen molar-refractivity contribution in [2.75, 3.05) is 5.32 Å². The summed E-state index contributed by atoms with van der Waals surface area (Å²) in [6, 6.07) is 10.4. The van der Waals surface area contributed by atoms with Crippen LogP contribution in [0.1, 0.15) is 18.0 Å². The monoisotopic (exact) mass is 255 g/mol. The first-order valence-electron chi connectivity index (χ1n) is 5.84. The van der Waals surface area contributed by atoms with Crippen LogP contribution in [0, 0.1) is 0 Å². The summed E-state index contributed by atoms with van der Waals surface area (Å²) in [7, 11) is 0. The number of pyridine rings is 1. The molecule has 1 N–H and O–H groups in total. The van der Waals surface area contributed by atoms with Crippen LogP contribution in [0.5, 0.6) is 0 Å². The molecule has 0 bridgehead atoms. The summed E-state index contributed by atoms with van der Waals surface area (Å²) >= 11 is 1.67. The third-order valence-electron chi connectivity index (χ3n) is 2.84. The number of hydrogen-bond donors (Lipinski definition) is 1. The Morgan fingerprint density at radius 1 is 1.11 bits per heavy atom. The number of anilines is 1. The van der Waals surface area contributed by atoms with Gasteiger partial charge in [-0.1, -0.05) is 18.2 Å². The third kappa shape index (κ3) is 2.07. The van der Waals surface area contributed by atoms with Gasteiger partial charge in [0, 0.05) is 28.8 Å². The van der Waals surface area contributed by atoms with Crippen molar-refractivity contribution in [2.24, 2.45) is 0 Å². The first-order chi connectivity index (χ1) is 8.84. The van der Waals surface area contributed by atoms with E-state index in [1.807, 2.05) is 42.0 Å². The Kier molecular flexibility index (Phi) is 2.94. The van der Waals surface area contributed by atoms with E-state index < -0.39 is 0 Å². The van der Waals surface area contributed by atoms with Crippen molar-refractivity contribution in [3.05, 3.63) is 53.1 Å². The van der Waals surface area contributed by atoms with E-state index in [2.05, 4.69) is 28.3 Å². The smallest absolute Gasteiger partial charge is 0.115 e. The zero-order chi connectivity index (χ0) is 12.4. The fraction of sp³-hybridized carbons (Fsp3) is 0.143. The molecule has 0 amide bonds. The average molecular weight is 255 g/mol. The molecule has 3 nitrogen and oxygen atoms in total. The molecule has 18 heavy (non-hydrogen) atoms. The van der Waals surface area contributed by atoms with Crippen molar-refractivity contribution in [3.8, 4) is 0 Å². The van der Waals surface area contributed by atoms with Gasteiger partial charge in [0.05, 0.1) is 11.6 Å². The fourth-order valence-corrected chi connectivity index (χ4v) is 2.61. The molecule has 1 atom stereocenters. The van der Waals surface area contributed by atoms with Crippen molar-refractivity contribution >= 4 is 27.9 Å². The number of fused-ring (bicyclic) bond motifs is 1. The zero-order valence-electron chi connectivity index (χ0n) is 10.00. The van der Waals surface area contributed by atoms with Gasteiger partial charge in [-0.05, 0) is 19.1 Å². The van der Waals surface area contributed by atoms with E-state index in [0.717, 1.165) is 21.6 Å². The van der Waals surface area contributed by atoms with Crippen molar-refractivity contribution in [1.82, 2.24) is 9.97 Å². The van der Waals surface area contributed by atoms with Gasteiger partial charge in [-0.25, -0.2) is 4.98 Å². The van der Waals surface area contributed by atoms with E-state index in [4.69, 9.17) is 0 Å². The summed E-state index contributed by atoms with van der Waals surface area (Å²) in [5, 5.41) is 7.73. The molecule has 3 aromatic rings. The molecule has 2 heterocycles. The molecule has 0 fully saturated rings. The third-order valence-corrected chi connectivity index (χ3v) is 3.80. The summed E-state index contributed by atoms with van der Waals surface area (Å²) in [5.41, 5.74) is 2.11. The van der Waals surface area contributed by atoms with Gasteiger partial charge >= 0.3 is 0 Å². The van der Waals surface area contributed by atoms with Crippen molar-refractivity contribution in [1.29, 1.82) is 0 Å². The highest BCUT2D eigenvalue weighted by atomic mass is 32.1. The predicted molar refractivity (Wildman–Crippen MR) is 75.9 cm³/mol. The minimum atomic E-state index is 0.204. The van der Waals surface area contributed by atoms with Crippen LogP contribution in [0.25, 0.3) is 10.9 Å². The van der Waals surface area contributed by atoms with E-state index in [1.54, 1.807) is 11.3 Å². The van der Waals surface area contributed by atoms with Gasteiger partial charge in [0.25, 0.3) is 0 Å². The van der Waals surface area contributed by atoms with Crippen LogP contribution in [-0.4, -0.2) is 9.97 Å². The molecule has 0 saturated heterocycles. The minimum Gasteiger partial charge on any atom is -0.375 e. The number of para-hydroxylation sites is 1. The highest BCUT2D eigenvalue weighted by molar-refractivity contribution is 7.09. The Balaban J connectivity index is 1.95. The second kappa shape index (κ2) is 4.74. The van der Waals surface area contributed by atoms with Crippen LogP contribution in [0.15, 0.2) is 48.1 Å². The molecule has 0 aliphatic heterocycles. The van der Waals surface area contributed by atoms with Crippen LogP contribution >= 0.6 is 11.3 Å². The zero-order valence-corrected chi connectivity index (χ0v) is 10.8. The summed E-state index contributed by atoms with van der Waals surface area (Å²) in [4.78, 5) is 8.69. The molecule has 1 aromatic carbocycles. The first kappa shape index (κ1) is 11.2. The number of nitrogens with zero attached hydrogens (tertiary/aromatic N) is 2. The lowest BCUT2D eigenvalue weighted by Gasteiger charge is -2.14. The van der Waals surface area contributed by atoms with E-state index >= 15 is 0 Å². The van der Waals surface area contributed by atoms with Crippen molar-refractivity contribution < 1.29 is 0 Å². The number of benzene rings is 1. The molecule has 0 aliphatic carbocycles. The number of rotatable bonds is 3. The van der Waals surface area contributed by atoms with Crippen LogP contribution in [0.3, 0.4) is 0 Å². The number of thiazole rings is 1. The van der Waals surface area contributed by atoms with Gasteiger partial charge < -0.3 is 5.32 Å². The lowest BCUT2D eigenvalue weighted by Crippen LogP contribution is -2.06. The Bertz CT molecular complexity index is 644. The number of hydrogen-bond acceptors (Lipinski definition) is 4. The lowest BCUT2D eigenvalue weighted by molar-refractivity contribution is 0.871. The highest BCUT2D eigenvalue weighted by Gasteiger charge is 2.09. The van der Waals surface area contributed by atoms with E-state index in [1.165, 1.54) is 0 Å². The molecule has 4 heteroatoms. The molecule has 3 rings (SSSR count). The van der Waals surface area contributed by atoms with E-state index in [-0.39, 0.29) is 6.04 Å². The lowest BCUT2D eigenvalue weighted by atomic mass is 10.2. The molecule has 1 unspecified atom stereocenters. The largest absolute Gasteiger partial charge is 0.375 e. The summed E-state index contributed by atoms with van der Waals surface area (Å²) in [6.07, 6.45) is 3.67. The molecule has 0 saturated carbocycles. The Hall–Kier alpha value is -1.94. The topological polar surface area (TPSA) is 37.8 Å². The summed E-state index contributed by atoms with van der Waals surface area (Å²) in [6.45, 7) is 2.12. The van der Waals surface area contributed by atoms with E-state index in [9.17, 15) is 0 Å². The van der Waals surface area contributed by atoms with Crippen molar-refractivity contribution in [2.45, 2.75) is 13.0 Å². The van der Waals surface area contributed by atoms with Crippen LogP contribution < -0.4 is 5.32 Å². The van der Waals surface area contributed by atoms with Gasteiger partial charge in [-0.2, -0.15) is 0 Å². The van der Waals surface area contributed by atoms with Crippen LogP contribution in [0.4, 0.5) is 5.69 Å².